The summed E-state index contributed by atoms with van der Waals surface area (Å²) in [6.07, 6.45) is 0.491. The molecule has 0 aliphatic heterocycles. The number of hydrogen-bond donors (Lipinski definition) is 0. The molecule has 1 aromatic heterocycles. The molecule has 0 radical (unpaired) electrons. The molecule has 16 heavy (non-hydrogen) atoms. The molecule has 0 N–H and O–H groups in total. The molecule has 1 rings (SSSR count). The zero-order valence-electron chi connectivity index (χ0n) is 9.39. The van der Waals surface area contributed by atoms with E-state index >= 15 is 0 Å². The number of halogens is 1. The van der Waals surface area contributed by atoms with Crippen molar-refractivity contribution in [3.05, 3.63) is 22.4 Å². The van der Waals surface area contributed by atoms with Crippen LogP contribution in [0.2, 0.25) is 0 Å². The minimum atomic E-state index is -3.19. The molecule has 92 valence electrons. The predicted octanol–water partition coefficient (Wildman–Crippen LogP) is 2.70. The highest BCUT2D eigenvalue weighted by atomic mass is 35.5. The van der Waals surface area contributed by atoms with Crippen molar-refractivity contribution in [2.45, 2.75) is 19.4 Å². The fourth-order valence-electron chi connectivity index (χ4n) is 1.33. The highest BCUT2D eigenvalue weighted by Crippen LogP contribution is 2.25. The fourth-order valence-corrected chi connectivity index (χ4v) is 3.91. The summed E-state index contributed by atoms with van der Waals surface area (Å²) in [5.74, 6) is 0.489. The molecule has 1 aromatic rings. The van der Waals surface area contributed by atoms with E-state index in [0.29, 0.717) is 12.3 Å². The van der Waals surface area contributed by atoms with E-state index < -0.39 is 10.0 Å². The van der Waals surface area contributed by atoms with Gasteiger partial charge in [-0.25, -0.2) is 8.42 Å². The van der Waals surface area contributed by atoms with Gasteiger partial charge >= 0.3 is 0 Å². The van der Waals surface area contributed by atoms with E-state index in [-0.39, 0.29) is 11.8 Å². The third-order valence-corrected chi connectivity index (χ3v) is 5.78. The minimum Gasteiger partial charge on any atom is -0.212 e. The predicted molar refractivity (Wildman–Crippen MR) is 69.6 cm³/mol. The van der Waals surface area contributed by atoms with Gasteiger partial charge in [0.1, 0.15) is 0 Å². The number of thiophene rings is 1. The zero-order valence-corrected chi connectivity index (χ0v) is 11.8. The van der Waals surface area contributed by atoms with Crippen molar-refractivity contribution in [2.75, 3.05) is 18.7 Å². The van der Waals surface area contributed by atoms with E-state index in [4.69, 9.17) is 11.6 Å². The molecular weight excluding hydrogens is 266 g/mol. The van der Waals surface area contributed by atoms with Gasteiger partial charge in [0.15, 0.2) is 0 Å². The van der Waals surface area contributed by atoms with Crippen LogP contribution >= 0.6 is 22.9 Å². The molecular formula is C10H16ClNO2S2. The van der Waals surface area contributed by atoms with Crippen LogP contribution in [0.25, 0.3) is 0 Å². The van der Waals surface area contributed by atoms with Crippen LogP contribution in [0.4, 0.5) is 0 Å². The third-order valence-electron chi connectivity index (χ3n) is 2.48. The highest BCUT2D eigenvalue weighted by Gasteiger charge is 2.24. The Bertz CT molecular complexity index is 402. The molecule has 0 saturated heterocycles. The summed E-state index contributed by atoms with van der Waals surface area (Å²) in [7, 11) is -1.57. The van der Waals surface area contributed by atoms with Crippen molar-refractivity contribution in [1.29, 1.82) is 0 Å². The van der Waals surface area contributed by atoms with Gasteiger partial charge in [-0.3, -0.25) is 0 Å². The summed E-state index contributed by atoms with van der Waals surface area (Å²) in [5, 5.41) is 1.95. The number of nitrogens with zero attached hydrogens (tertiary/aromatic N) is 1. The van der Waals surface area contributed by atoms with E-state index in [1.807, 2.05) is 24.4 Å². The molecule has 0 amide bonds. The van der Waals surface area contributed by atoms with Gasteiger partial charge in [-0.2, -0.15) is 4.31 Å². The Morgan fingerprint density at radius 3 is 2.75 bits per heavy atom. The molecule has 1 atom stereocenters. The largest absolute Gasteiger partial charge is 0.214 e. The Hall–Kier alpha value is -0.100. The number of sulfonamides is 1. The van der Waals surface area contributed by atoms with Crippen LogP contribution in [0.5, 0.6) is 0 Å². The maximum Gasteiger partial charge on any atom is 0.214 e. The van der Waals surface area contributed by atoms with Gasteiger partial charge in [0, 0.05) is 17.8 Å². The lowest BCUT2D eigenvalue weighted by molar-refractivity contribution is 0.402. The standard InChI is InChI=1S/C10H16ClNO2S2/c1-9(10-5-3-7-15-10)12(2)16(13,14)8-4-6-11/h3,5,7,9H,4,6,8H2,1-2H3. The molecule has 0 aliphatic rings. The van der Waals surface area contributed by atoms with Crippen LogP contribution in [0, 0.1) is 0 Å². The molecule has 1 unspecified atom stereocenters. The third kappa shape index (κ3) is 3.45. The van der Waals surface area contributed by atoms with Crippen LogP contribution in [-0.2, 0) is 10.0 Å². The molecule has 6 heteroatoms. The maximum atomic E-state index is 11.9. The Balaban J connectivity index is 2.73. The van der Waals surface area contributed by atoms with E-state index in [1.54, 1.807) is 18.4 Å². The first kappa shape index (κ1) is 14.0. The first-order valence-electron chi connectivity index (χ1n) is 5.04. The van der Waals surface area contributed by atoms with Gasteiger partial charge in [0.05, 0.1) is 11.8 Å². The van der Waals surface area contributed by atoms with Crippen LogP contribution in [0.3, 0.4) is 0 Å². The molecule has 0 aliphatic carbocycles. The number of hydrogen-bond acceptors (Lipinski definition) is 3. The topological polar surface area (TPSA) is 37.4 Å². The second kappa shape index (κ2) is 6.00. The lowest BCUT2D eigenvalue weighted by atomic mass is 10.3. The van der Waals surface area contributed by atoms with Gasteiger partial charge in [0.25, 0.3) is 0 Å². The highest BCUT2D eigenvalue weighted by molar-refractivity contribution is 7.89. The van der Waals surface area contributed by atoms with Crippen molar-refractivity contribution < 1.29 is 8.42 Å². The van der Waals surface area contributed by atoms with E-state index in [9.17, 15) is 8.42 Å². The maximum absolute atomic E-state index is 11.9. The molecule has 3 nitrogen and oxygen atoms in total. The number of rotatable bonds is 6. The molecule has 0 spiro atoms. The van der Waals surface area contributed by atoms with Crippen molar-refractivity contribution in [1.82, 2.24) is 4.31 Å². The first-order chi connectivity index (χ1) is 7.49. The smallest absolute Gasteiger partial charge is 0.212 e. The summed E-state index contributed by atoms with van der Waals surface area (Å²) in [4.78, 5) is 1.05. The van der Waals surface area contributed by atoms with Gasteiger partial charge in [-0.15, -0.1) is 22.9 Å². The van der Waals surface area contributed by atoms with Crippen LogP contribution in [0.1, 0.15) is 24.3 Å². The molecule has 0 bridgehead atoms. The van der Waals surface area contributed by atoms with Gasteiger partial charge in [0.2, 0.25) is 10.0 Å². The quantitative estimate of drug-likeness (QED) is 0.752. The molecule has 0 fully saturated rings. The summed E-state index contributed by atoms with van der Waals surface area (Å²) in [6, 6.07) is 3.76. The Kier molecular flexibility index (Phi) is 5.24. The van der Waals surface area contributed by atoms with Gasteiger partial charge in [-0.05, 0) is 24.8 Å². The van der Waals surface area contributed by atoms with Crippen LogP contribution < -0.4 is 0 Å². The van der Waals surface area contributed by atoms with E-state index in [1.165, 1.54) is 4.31 Å². The Labute approximate surface area is 106 Å². The van der Waals surface area contributed by atoms with Crippen LogP contribution in [0.15, 0.2) is 17.5 Å². The summed E-state index contributed by atoms with van der Waals surface area (Å²) < 4.78 is 25.2. The first-order valence-corrected chi connectivity index (χ1v) is 8.06. The average Bonchev–Trinajstić information content (AvgIpc) is 2.77. The van der Waals surface area contributed by atoms with Gasteiger partial charge < -0.3 is 0 Å². The summed E-state index contributed by atoms with van der Waals surface area (Å²) in [6.45, 7) is 1.89. The lowest BCUT2D eigenvalue weighted by Gasteiger charge is -2.23. The monoisotopic (exact) mass is 281 g/mol. The minimum absolute atomic E-state index is 0.111. The second-order valence-electron chi connectivity index (χ2n) is 3.57. The molecule has 0 saturated carbocycles. The summed E-state index contributed by atoms with van der Waals surface area (Å²) >= 11 is 7.08. The van der Waals surface area contributed by atoms with Gasteiger partial charge in [-0.1, -0.05) is 6.07 Å². The average molecular weight is 282 g/mol. The van der Waals surface area contributed by atoms with Crippen molar-refractivity contribution in [2.24, 2.45) is 0 Å². The molecule has 0 aromatic carbocycles. The van der Waals surface area contributed by atoms with E-state index in [2.05, 4.69) is 0 Å². The van der Waals surface area contributed by atoms with Crippen molar-refractivity contribution in [3.8, 4) is 0 Å². The zero-order chi connectivity index (χ0) is 12.2. The summed E-state index contributed by atoms with van der Waals surface area (Å²) in [5.41, 5.74) is 0. The van der Waals surface area contributed by atoms with Crippen LogP contribution in [-0.4, -0.2) is 31.4 Å². The second-order valence-corrected chi connectivity index (χ2v) is 7.07. The van der Waals surface area contributed by atoms with E-state index in [0.717, 1.165) is 4.88 Å². The normalized spacial score (nSPS) is 14.2. The Morgan fingerprint density at radius 2 is 2.25 bits per heavy atom. The SMILES string of the molecule is CC(c1cccs1)N(C)S(=O)(=O)CCCCl. The van der Waals surface area contributed by atoms with Crippen molar-refractivity contribution >= 4 is 33.0 Å². The Morgan fingerprint density at radius 1 is 1.56 bits per heavy atom. The fraction of sp³-hybridized carbons (Fsp3) is 0.600. The lowest BCUT2D eigenvalue weighted by Crippen LogP contribution is -2.31. The van der Waals surface area contributed by atoms with Crippen molar-refractivity contribution in [3.63, 3.8) is 0 Å². The molecule has 1 heterocycles. The number of alkyl halides is 1.